The van der Waals surface area contributed by atoms with Crippen LogP contribution >= 0.6 is 24.6 Å². The minimum atomic E-state index is -0.0536. The Morgan fingerprint density at radius 3 is 2.62 bits per heavy atom. The van der Waals surface area contributed by atoms with Gasteiger partial charge in [-0.1, -0.05) is 31.9 Å². The lowest BCUT2D eigenvalue weighted by Gasteiger charge is -2.28. The highest BCUT2D eigenvalue weighted by Crippen LogP contribution is 2.31. The van der Waals surface area contributed by atoms with Crippen LogP contribution in [0.2, 0.25) is 0 Å². The van der Waals surface area contributed by atoms with Gasteiger partial charge < -0.3 is 9.62 Å². The minimum Gasteiger partial charge on any atom is -0.382 e. The van der Waals surface area contributed by atoms with E-state index in [1.165, 1.54) is 5.69 Å². The highest BCUT2D eigenvalue weighted by molar-refractivity contribution is 8.00. The lowest BCUT2D eigenvalue weighted by atomic mass is 10.2. The van der Waals surface area contributed by atoms with Crippen molar-refractivity contribution in [3.63, 3.8) is 0 Å². The lowest BCUT2D eigenvalue weighted by Crippen LogP contribution is -2.26. The van der Waals surface area contributed by atoms with E-state index in [4.69, 9.17) is 6.42 Å². The van der Waals surface area contributed by atoms with E-state index in [1.807, 2.05) is 0 Å². The molecular formula is C17H26N2S2. The molecule has 0 heterocycles. The molecule has 1 aromatic carbocycles. The van der Waals surface area contributed by atoms with E-state index in [0.29, 0.717) is 11.7 Å². The normalized spacial score (nSPS) is 11.3. The van der Waals surface area contributed by atoms with Gasteiger partial charge in [0.25, 0.3) is 0 Å². The molecule has 0 radical (unpaired) electrons. The molecule has 0 bridgehead atoms. The van der Waals surface area contributed by atoms with E-state index in [9.17, 15) is 0 Å². The summed E-state index contributed by atoms with van der Waals surface area (Å²) in [5.74, 6) is 3.96. The van der Waals surface area contributed by atoms with Crippen molar-refractivity contribution in [3.05, 3.63) is 24.3 Å². The molecule has 0 saturated heterocycles. The monoisotopic (exact) mass is 322 g/mol. The zero-order valence-corrected chi connectivity index (χ0v) is 15.1. The van der Waals surface area contributed by atoms with Gasteiger partial charge in [0.2, 0.25) is 0 Å². The molecule has 0 aliphatic rings. The number of rotatable bonds is 8. The van der Waals surface area contributed by atoms with Crippen LogP contribution in [-0.4, -0.2) is 23.6 Å². The van der Waals surface area contributed by atoms with E-state index in [1.54, 1.807) is 11.9 Å². The molecule has 0 aromatic heterocycles. The van der Waals surface area contributed by atoms with Gasteiger partial charge in [0.05, 0.1) is 17.1 Å². The number of hydrogen-bond acceptors (Lipinski definition) is 4. The van der Waals surface area contributed by atoms with Crippen LogP contribution in [0, 0.1) is 18.3 Å². The molecule has 0 spiro atoms. The summed E-state index contributed by atoms with van der Waals surface area (Å²) < 4.78 is 2.24. The predicted octanol–water partition coefficient (Wildman–Crippen LogP) is 4.55. The number of terminal acetylenes is 1. The molecule has 2 nitrogen and oxygen atoms in total. The summed E-state index contributed by atoms with van der Waals surface area (Å²) in [5, 5.41) is 3.50. The van der Waals surface area contributed by atoms with Crippen LogP contribution in [0.1, 0.15) is 27.7 Å². The maximum Gasteiger partial charge on any atom is 0.0745 e. The average molecular weight is 323 g/mol. The van der Waals surface area contributed by atoms with Crippen molar-refractivity contribution in [1.29, 1.82) is 0 Å². The van der Waals surface area contributed by atoms with Gasteiger partial charge in [-0.25, -0.2) is 0 Å². The van der Waals surface area contributed by atoms with E-state index in [0.717, 1.165) is 18.8 Å². The smallest absolute Gasteiger partial charge is 0.0745 e. The zero-order chi connectivity index (χ0) is 15.9. The number of benzene rings is 1. The number of nitrogens with zero attached hydrogens (tertiary/aromatic N) is 1. The zero-order valence-electron chi connectivity index (χ0n) is 13.4. The van der Waals surface area contributed by atoms with Gasteiger partial charge in [-0.15, -0.1) is 6.42 Å². The molecule has 1 aromatic rings. The Kier molecular flexibility index (Phi) is 7.34. The largest absolute Gasteiger partial charge is 0.382 e. The summed E-state index contributed by atoms with van der Waals surface area (Å²) in [6, 6.07) is 8.37. The third-order valence-corrected chi connectivity index (χ3v) is 3.83. The summed E-state index contributed by atoms with van der Waals surface area (Å²) in [7, 11) is 0. The quantitative estimate of drug-likeness (QED) is 0.415. The number of nitrogens with one attached hydrogen (secondary N) is 1. The number of anilines is 2. The molecule has 0 saturated carbocycles. The molecule has 1 rings (SSSR count). The highest BCUT2D eigenvalue weighted by Gasteiger charge is 2.15. The SMILES string of the molecule is C#CCSN(CC(C)C)c1ccccc1NCC(C)(C)S. The van der Waals surface area contributed by atoms with Gasteiger partial charge in [-0.3, -0.25) is 0 Å². The molecule has 21 heavy (non-hydrogen) atoms. The number of para-hydroxylation sites is 2. The molecule has 0 aliphatic carbocycles. The number of thiol groups is 1. The molecule has 4 heteroatoms. The molecule has 0 atom stereocenters. The summed E-state index contributed by atoms with van der Waals surface area (Å²) >= 11 is 6.26. The van der Waals surface area contributed by atoms with Gasteiger partial charge >= 0.3 is 0 Å². The van der Waals surface area contributed by atoms with Gasteiger partial charge in [-0.2, -0.15) is 12.6 Å². The van der Waals surface area contributed by atoms with Crippen molar-refractivity contribution in [2.75, 3.05) is 28.5 Å². The third-order valence-electron chi connectivity index (χ3n) is 2.72. The van der Waals surface area contributed by atoms with Crippen LogP contribution in [0.15, 0.2) is 24.3 Å². The van der Waals surface area contributed by atoms with Crippen molar-refractivity contribution < 1.29 is 0 Å². The van der Waals surface area contributed by atoms with Gasteiger partial charge in [-0.05, 0) is 43.8 Å². The fraction of sp³-hybridized carbons (Fsp3) is 0.529. The predicted molar refractivity (Wildman–Crippen MR) is 101 cm³/mol. The van der Waals surface area contributed by atoms with Crippen LogP contribution in [0.25, 0.3) is 0 Å². The third kappa shape index (κ3) is 7.06. The molecular weight excluding hydrogens is 296 g/mol. The Balaban J connectivity index is 2.93. The van der Waals surface area contributed by atoms with E-state index in [2.05, 4.69) is 80.1 Å². The van der Waals surface area contributed by atoms with Crippen LogP contribution < -0.4 is 9.62 Å². The Morgan fingerprint density at radius 1 is 1.38 bits per heavy atom. The van der Waals surface area contributed by atoms with Crippen molar-refractivity contribution >= 4 is 36.0 Å². The Morgan fingerprint density at radius 2 is 2.05 bits per heavy atom. The molecule has 1 N–H and O–H groups in total. The maximum absolute atomic E-state index is 5.42. The summed E-state index contributed by atoms with van der Waals surface area (Å²) in [4.78, 5) is 0. The molecule has 0 fully saturated rings. The Hall–Kier alpha value is -0.920. The average Bonchev–Trinajstić information content (AvgIpc) is 2.40. The lowest BCUT2D eigenvalue weighted by molar-refractivity contribution is 0.668. The number of hydrogen-bond donors (Lipinski definition) is 2. The second kappa shape index (κ2) is 8.51. The van der Waals surface area contributed by atoms with Gasteiger partial charge in [0, 0.05) is 17.8 Å². The Labute approximate surface area is 139 Å². The molecule has 0 unspecified atom stereocenters. The van der Waals surface area contributed by atoms with Crippen LogP contribution in [0.4, 0.5) is 11.4 Å². The van der Waals surface area contributed by atoms with Gasteiger partial charge in [0.15, 0.2) is 0 Å². The first-order chi connectivity index (χ1) is 9.83. The first-order valence-corrected chi connectivity index (χ1v) is 8.61. The molecule has 0 aliphatic heterocycles. The highest BCUT2D eigenvalue weighted by atomic mass is 32.2. The van der Waals surface area contributed by atoms with Crippen LogP contribution in [0.5, 0.6) is 0 Å². The van der Waals surface area contributed by atoms with Gasteiger partial charge in [0.1, 0.15) is 0 Å². The summed E-state index contributed by atoms with van der Waals surface area (Å²) in [5.41, 5.74) is 2.31. The fourth-order valence-electron chi connectivity index (χ4n) is 1.82. The molecule has 116 valence electrons. The molecule has 0 amide bonds. The summed E-state index contributed by atoms with van der Waals surface area (Å²) in [6.45, 7) is 10.4. The van der Waals surface area contributed by atoms with Crippen molar-refractivity contribution in [2.24, 2.45) is 5.92 Å². The van der Waals surface area contributed by atoms with E-state index >= 15 is 0 Å². The minimum absolute atomic E-state index is 0.0536. The summed E-state index contributed by atoms with van der Waals surface area (Å²) in [6.07, 6.45) is 5.42. The fourth-order valence-corrected chi connectivity index (χ4v) is 2.83. The maximum atomic E-state index is 5.42. The second-order valence-electron chi connectivity index (χ2n) is 6.12. The Bertz CT molecular complexity index is 472. The van der Waals surface area contributed by atoms with Crippen LogP contribution in [-0.2, 0) is 0 Å². The van der Waals surface area contributed by atoms with E-state index < -0.39 is 0 Å². The standard InChI is InChI=1S/C17H26N2S2/c1-6-11-21-19(12-14(2)3)16-10-8-7-9-15(16)18-13-17(4,5)20/h1,7-10,14,18,20H,11-13H2,2-5H3. The first-order valence-electron chi connectivity index (χ1n) is 7.22. The topological polar surface area (TPSA) is 15.3 Å². The van der Waals surface area contributed by atoms with Crippen molar-refractivity contribution in [1.82, 2.24) is 0 Å². The first kappa shape index (κ1) is 18.1. The van der Waals surface area contributed by atoms with E-state index in [-0.39, 0.29) is 4.75 Å². The van der Waals surface area contributed by atoms with Crippen LogP contribution in [0.3, 0.4) is 0 Å². The second-order valence-corrected chi connectivity index (χ2v) is 8.31. The van der Waals surface area contributed by atoms with Crippen molar-refractivity contribution in [3.8, 4) is 12.3 Å². The van der Waals surface area contributed by atoms with Crippen molar-refractivity contribution in [2.45, 2.75) is 32.4 Å².